The summed E-state index contributed by atoms with van der Waals surface area (Å²) < 4.78 is 0. The van der Waals surface area contributed by atoms with Crippen LogP contribution in [-0.4, -0.2) is 48.1 Å². The molecule has 2 rings (SSSR count). The van der Waals surface area contributed by atoms with Crippen LogP contribution in [0.15, 0.2) is 24.3 Å². The van der Waals surface area contributed by atoms with Crippen LogP contribution in [0.5, 0.6) is 0 Å². The normalized spacial score (nSPS) is 17.6. The van der Waals surface area contributed by atoms with Crippen LogP contribution in [0.4, 0.5) is 16.2 Å². The maximum absolute atomic E-state index is 12.2. The number of hydrogen-bond donors (Lipinski definition) is 2. The van der Waals surface area contributed by atoms with E-state index in [-0.39, 0.29) is 23.5 Å². The van der Waals surface area contributed by atoms with Gasteiger partial charge >= 0.3 is 6.03 Å². The Balaban J connectivity index is 1.90. The van der Waals surface area contributed by atoms with E-state index in [1.54, 1.807) is 0 Å². The van der Waals surface area contributed by atoms with Gasteiger partial charge in [0.15, 0.2) is 0 Å². The molecule has 0 bridgehead atoms. The number of rotatable bonds is 5. The van der Waals surface area contributed by atoms with Crippen LogP contribution in [0.3, 0.4) is 0 Å². The minimum absolute atomic E-state index is 0.0846. The topological polar surface area (TPSA) is 64.7 Å². The number of urea groups is 1. The molecule has 1 unspecified atom stereocenters. The molecule has 1 aromatic carbocycles. The summed E-state index contributed by atoms with van der Waals surface area (Å²) in [6.07, 6.45) is 0.353. The number of anilines is 2. The van der Waals surface area contributed by atoms with Crippen molar-refractivity contribution in [3.8, 4) is 0 Å². The quantitative estimate of drug-likeness (QED) is 0.861. The van der Waals surface area contributed by atoms with E-state index in [0.717, 1.165) is 24.5 Å². The maximum atomic E-state index is 12.2. The Morgan fingerprint density at radius 3 is 2.28 bits per heavy atom. The summed E-state index contributed by atoms with van der Waals surface area (Å²) in [6, 6.07) is 7.38. The molecule has 1 heterocycles. The van der Waals surface area contributed by atoms with E-state index in [9.17, 15) is 9.59 Å². The minimum atomic E-state index is -0.274. The Morgan fingerprint density at radius 1 is 1.20 bits per heavy atom. The molecule has 6 heteroatoms. The summed E-state index contributed by atoms with van der Waals surface area (Å²) in [5.74, 6) is 0.0846. The number of nitrogens with zero attached hydrogens (tertiary/aromatic N) is 2. The molecule has 1 aliphatic heterocycles. The summed E-state index contributed by atoms with van der Waals surface area (Å²) in [5.41, 5.74) is 1.66. The number of amides is 3. The first-order valence-electron chi connectivity index (χ1n) is 8.97. The van der Waals surface area contributed by atoms with E-state index in [0.29, 0.717) is 13.0 Å². The van der Waals surface area contributed by atoms with E-state index in [4.69, 9.17) is 0 Å². The zero-order valence-corrected chi connectivity index (χ0v) is 15.9. The first-order valence-corrected chi connectivity index (χ1v) is 8.97. The lowest BCUT2D eigenvalue weighted by molar-refractivity contribution is -0.131. The SMILES string of the molecule is CCN(CC)c1ccc(NC(=O)NC2CC(=O)N(C(C)(C)C)C2)cc1. The highest BCUT2D eigenvalue weighted by Gasteiger charge is 2.36. The number of carbonyl (C=O) groups is 2. The number of hydrogen-bond acceptors (Lipinski definition) is 3. The molecule has 1 aliphatic rings. The lowest BCUT2D eigenvalue weighted by Crippen LogP contribution is -2.45. The van der Waals surface area contributed by atoms with E-state index in [1.165, 1.54) is 0 Å². The van der Waals surface area contributed by atoms with Crippen molar-refractivity contribution >= 4 is 23.3 Å². The molecular weight excluding hydrogens is 316 g/mol. The smallest absolute Gasteiger partial charge is 0.319 e. The van der Waals surface area contributed by atoms with Crippen molar-refractivity contribution in [3.63, 3.8) is 0 Å². The minimum Gasteiger partial charge on any atom is -0.372 e. The third kappa shape index (κ3) is 4.87. The predicted octanol–water partition coefficient (Wildman–Crippen LogP) is 3.05. The fourth-order valence-corrected chi connectivity index (χ4v) is 3.15. The molecule has 0 aliphatic carbocycles. The standard InChI is InChI=1S/C19H30N4O2/c1-6-22(7-2)16-10-8-14(9-11-16)20-18(25)21-15-12-17(24)23(13-15)19(3,4)5/h8-11,15H,6-7,12-13H2,1-5H3,(H2,20,21,25). The Bertz CT molecular complexity index is 603. The van der Waals surface area contributed by atoms with Crippen LogP contribution in [-0.2, 0) is 4.79 Å². The monoisotopic (exact) mass is 346 g/mol. The van der Waals surface area contributed by atoms with Gasteiger partial charge in [-0.05, 0) is 58.9 Å². The van der Waals surface area contributed by atoms with Gasteiger partial charge in [-0.1, -0.05) is 0 Å². The van der Waals surface area contributed by atoms with Crippen LogP contribution < -0.4 is 15.5 Å². The number of benzene rings is 1. The van der Waals surface area contributed by atoms with Gasteiger partial charge in [-0.25, -0.2) is 4.79 Å². The molecule has 1 fully saturated rings. The van der Waals surface area contributed by atoms with Gasteiger partial charge in [0.2, 0.25) is 5.91 Å². The molecule has 2 N–H and O–H groups in total. The average molecular weight is 346 g/mol. The summed E-state index contributed by atoms with van der Waals surface area (Å²) in [7, 11) is 0. The second-order valence-corrected chi connectivity index (χ2v) is 7.39. The highest BCUT2D eigenvalue weighted by atomic mass is 16.2. The lowest BCUT2D eigenvalue weighted by Gasteiger charge is -2.32. The van der Waals surface area contributed by atoms with E-state index in [1.807, 2.05) is 49.9 Å². The molecule has 1 saturated heterocycles. The Labute approximate surface area is 150 Å². The van der Waals surface area contributed by atoms with Crippen LogP contribution in [0.2, 0.25) is 0 Å². The molecule has 25 heavy (non-hydrogen) atoms. The van der Waals surface area contributed by atoms with Crippen molar-refractivity contribution in [1.29, 1.82) is 0 Å². The second kappa shape index (κ2) is 7.76. The molecule has 138 valence electrons. The molecule has 1 atom stereocenters. The van der Waals surface area contributed by atoms with Gasteiger partial charge in [0.1, 0.15) is 0 Å². The molecule has 0 spiro atoms. The van der Waals surface area contributed by atoms with Crippen molar-refractivity contribution in [2.75, 3.05) is 29.9 Å². The van der Waals surface area contributed by atoms with Crippen LogP contribution in [0.1, 0.15) is 41.0 Å². The summed E-state index contributed by atoms with van der Waals surface area (Å²) in [6.45, 7) is 12.7. The van der Waals surface area contributed by atoms with Crippen molar-refractivity contribution < 1.29 is 9.59 Å². The van der Waals surface area contributed by atoms with Crippen molar-refractivity contribution in [2.45, 2.75) is 52.6 Å². The van der Waals surface area contributed by atoms with Crippen LogP contribution in [0.25, 0.3) is 0 Å². The highest BCUT2D eigenvalue weighted by molar-refractivity contribution is 5.90. The van der Waals surface area contributed by atoms with Gasteiger partial charge in [0.25, 0.3) is 0 Å². The number of nitrogens with one attached hydrogen (secondary N) is 2. The summed E-state index contributed by atoms with van der Waals surface area (Å²) in [5, 5.41) is 5.74. The lowest BCUT2D eigenvalue weighted by atomic mass is 10.1. The Morgan fingerprint density at radius 2 is 1.80 bits per heavy atom. The van der Waals surface area contributed by atoms with E-state index >= 15 is 0 Å². The molecular formula is C19H30N4O2. The van der Waals surface area contributed by atoms with Gasteiger partial charge in [-0.3, -0.25) is 4.79 Å². The average Bonchev–Trinajstić information content (AvgIpc) is 2.90. The molecule has 3 amide bonds. The van der Waals surface area contributed by atoms with E-state index < -0.39 is 0 Å². The molecule has 0 radical (unpaired) electrons. The molecule has 6 nitrogen and oxygen atoms in total. The zero-order chi connectivity index (χ0) is 18.6. The fraction of sp³-hybridized carbons (Fsp3) is 0.579. The molecule has 0 saturated carbocycles. The number of likely N-dealkylation sites (tertiary alicyclic amines) is 1. The summed E-state index contributed by atoms with van der Waals surface area (Å²) >= 11 is 0. The Hall–Kier alpha value is -2.24. The predicted molar refractivity (Wildman–Crippen MR) is 102 cm³/mol. The van der Waals surface area contributed by atoms with Gasteiger partial charge in [-0.2, -0.15) is 0 Å². The van der Waals surface area contributed by atoms with Crippen LogP contribution >= 0.6 is 0 Å². The second-order valence-electron chi connectivity index (χ2n) is 7.39. The largest absolute Gasteiger partial charge is 0.372 e. The van der Waals surface area contributed by atoms with Gasteiger partial charge in [-0.15, -0.1) is 0 Å². The molecule has 0 aromatic heterocycles. The third-order valence-corrected chi connectivity index (χ3v) is 4.52. The zero-order valence-electron chi connectivity index (χ0n) is 15.9. The maximum Gasteiger partial charge on any atom is 0.319 e. The van der Waals surface area contributed by atoms with Crippen molar-refractivity contribution in [3.05, 3.63) is 24.3 Å². The first-order chi connectivity index (χ1) is 11.7. The van der Waals surface area contributed by atoms with Crippen LogP contribution in [0, 0.1) is 0 Å². The van der Waals surface area contributed by atoms with Crippen molar-refractivity contribution in [2.24, 2.45) is 0 Å². The van der Waals surface area contributed by atoms with Gasteiger partial charge < -0.3 is 20.4 Å². The van der Waals surface area contributed by atoms with Gasteiger partial charge in [0.05, 0.1) is 6.04 Å². The van der Waals surface area contributed by atoms with E-state index in [2.05, 4.69) is 29.4 Å². The third-order valence-electron chi connectivity index (χ3n) is 4.52. The number of carbonyl (C=O) groups excluding carboxylic acids is 2. The highest BCUT2D eigenvalue weighted by Crippen LogP contribution is 2.22. The van der Waals surface area contributed by atoms with Gasteiger partial charge in [0, 0.05) is 43.0 Å². The Kier molecular flexibility index (Phi) is 5.93. The first kappa shape index (κ1) is 19.1. The summed E-state index contributed by atoms with van der Waals surface area (Å²) in [4.78, 5) is 28.3. The van der Waals surface area contributed by atoms with Crippen molar-refractivity contribution in [1.82, 2.24) is 10.2 Å². The molecule has 1 aromatic rings. The fourth-order valence-electron chi connectivity index (χ4n) is 3.15.